The van der Waals surface area contributed by atoms with Crippen LogP contribution in [0.3, 0.4) is 0 Å². The molecule has 3 aromatic rings. The summed E-state index contributed by atoms with van der Waals surface area (Å²) < 4.78 is 1.19. The first-order chi connectivity index (χ1) is 13.0. The Kier molecular flexibility index (Phi) is 5.50. The molecule has 9 heteroatoms. The topological polar surface area (TPSA) is 46.1 Å². The molecule has 0 atom stereocenters. The average molecular weight is 461 g/mol. The molecule has 0 spiro atoms. The van der Waals surface area contributed by atoms with Gasteiger partial charge in [0, 0.05) is 19.0 Å². The van der Waals surface area contributed by atoms with E-state index in [1.807, 2.05) is 18.2 Å². The van der Waals surface area contributed by atoms with Gasteiger partial charge < -0.3 is 4.90 Å². The first-order valence-corrected chi connectivity index (χ1v) is 10.6. The highest BCUT2D eigenvalue weighted by molar-refractivity contribution is 7.18. The van der Waals surface area contributed by atoms with Crippen LogP contribution < -0.4 is 0 Å². The van der Waals surface area contributed by atoms with Crippen LogP contribution >= 0.6 is 57.7 Å². The van der Waals surface area contributed by atoms with Gasteiger partial charge in [-0.3, -0.25) is 4.79 Å². The van der Waals surface area contributed by atoms with Crippen LogP contribution in [0.5, 0.6) is 0 Å². The monoisotopic (exact) mass is 459 g/mol. The molecule has 0 bridgehead atoms. The molecule has 0 aliphatic carbocycles. The number of carbonyl (C=O) groups excluding carboxylic acids is 1. The van der Waals surface area contributed by atoms with Crippen molar-refractivity contribution in [2.75, 3.05) is 13.1 Å². The predicted octanol–water partition coefficient (Wildman–Crippen LogP) is 6.32. The van der Waals surface area contributed by atoms with E-state index in [1.54, 1.807) is 16.2 Å². The summed E-state index contributed by atoms with van der Waals surface area (Å²) in [7, 11) is 0. The van der Waals surface area contributed by atoms with Crippen LogP contribution in [-0.4, -0.2) is 33.9 Å². The van der Waals surface area contributed by atoms with Gasteiger partial charge in [0.05, 0.1) is 30.3 Å². The van der Waals surface area contributed by atoms with Crippen LogP contribution in [0.4, 0.5) is 0 Å². The van der Waals surface area contributed by atoms with Crippen molar-refractivity contribution in [3.05, 3.63) is 55.2 Å². The lowest BCUT2D eigenvalue weighted by Crippen LogP contribution is -2.38. The highest BCUT2D eigenvalue weighted by atomic mass is 35.5. The van der Waals surface area contributed by atoms with Gasteiger partial charge in [0.25, 0.3) is 5.91 Å². The molecule has 1 aliphatic rings. The van der Waals surface area contributed by atoms with Gasteiger partial charge in [0.15, 0.2) is 0 Å². The van der Waals surface area contributed by atoms with Crippen LogP contribution in [0.2, 0.25) is 20.2 Å². The quantitative estimate of drug-likeness (QED) is 0.420. The van der Waals surface area contributed by atoms with E-state index in [9.17, 15) is 4.79 Å². The van der Waals surface area contributed by atoms with Crippen molar-refractivity contribution in [2.45, 2.75) is 18.8 Å². The Morgan fingerprint density at radius 2 is 1.70 bits per heavy atom. The summed E-state index contributed by atoms with van der Waals surface area (Å²) in [6.07, 6.45) is 1.66. The highest BCUT2D eigenvalue weighted by Crippen LogP contribution is 2.38. The molecule has 27 heavy (non-hydrogen) atoms. The summed E-state index contributed by atoms with van der Waals surface area (Å²) in [5.41, 5.74) is 1.06. The molecule has 0 N–H and O–H groups in total. The summed E-state index contributed by atoms with van der Waals surface area (Å²) in [5, 5.41) is 1.22. The number of hydrogen-bond donors (Lipinski definition) is 0. The van der Waals surface area contributed by atoms with E-state index in [4.69, 9.17) is 51.4 Å². The van der Waals surface area contributed by atoms with Crippen molar-refractivity contribution >= 4 is 73.9 Å². The van der Waals surface area contributed by atoms with Crippen molar-refractivity contribution in [1.29, 1.82) is 0 Å². The number of nitrogens with zero attached hydrogens (tertiary/aromatic N) is 3. The largest absolute Gasteiger partial charge is 0.337 e. The smallest absolute Gasteiger partial charge is 0.274 e. The summed E-state index contributed by atoms with van der Waals surface area (Å²) in [6.45, 7) is 1.19. The van der Waals surface area contributed by atoms with Gasteiger partial charge in [-0.2, -0.15) is 0 Å². The van der Waals surface area contributed by atoms with E-state index in [0.29, 0.717) is 19.0 Å². The molecule has 4 nitrogen and oxygen atoms in total. The molecule has 140 valence electrons. The Labute approximate surface area is 180 Å². The van der Waals surface area contributed by atoms with Gasteiger partial charge in [-0.05, 0) is 25.0 Å². The number of amides is 1. The zero-order chi connectivity index (χ0) is 19.1. The number of pyridine rings is 1. The third kappa shape index (κ3) is 3.64. The van der Waals surface area contributed by atoms with Crippen molar-refractivity contribution in [2.24, 2.45) is 0 Å². The fourth-order valence-corrected chi connectivity index (χ4v) is 5.12. The van der Waals surface area contributed by atoms with Crippen molar-refractivity contribution < 1.29 is 4.79 Å². The highest BCUT2D eigenvalue weighted by Gasteiger charge is 2.29. The van der Waals surface area contributed by atoms with Crippen LogP contribution in [0.25, 0.3) is 10.2 Å². The van der Waals surface area contributed by atoms with Gasteiger partial charge in [-0.15, -0.1) is 11.3 Å². The number of para-hydroxylation sites is 1. The molecule has 1 aromatic carbocycles. The lowest BCUT2D eigenvalue weighted by atomic mass is 9.97. The number of aromatic nitrogens is 2. The van der Waals surface area contributed by atoms with E-state index in [0.717, 1.165) is 23.4 Å². The Balaban J connectivity index is 1.50. The first kappa shape index (κ1) is 19.2. The van der Waals surface area contributed by atoms with Crippen molar-refractivity contribution in [3.63, 3.8) is 0 Å². The van der Waals surface area contributed by atoms with Gasteiger partial charge >= 0.3 is 0 Å². The maximum Gasteiger partial charge on any atom is 0.274 e. The lowest BCUT2D eigenvalue weighted by molar-refractivity contribution is 0.0707. The molecule has 3 heterocycles. The maximum absolute atomic E-state index is 12.8. The standard InChI is InChI=1S/C18H13Cl4N3OS/c19-12-13(20)15(24-16(22)14(12)21)18(26)25-7-5-9(6-8-25)17-23-10-3-1-2-4-11(10)27-17/h1-4,9H,5-8H2. The Hall–Kier alpha value is -1.11. The van der Waals surface area contributed by atoms with Crippen molar-refractivity contribution in [3.8, 4) is 0 Å². The first-order valence-electron chi connectivity index (χ1n) is 8.30. The Morgan fingerprint density at radius 1 is 1.00 bits per heavy atom. The summed E-state index contributed by atoms with van der Waals surface area (Å²) in [4.78, 5) is 23.3. The number of likely N-dealkylation sites (tertiary alicyclic amines) is 1. The fraction of sp³-hybridized carbons (Fsp3) is 0.278. The number of halogens is 4. The predicted molar refractivity (Wildman–Crippen MR) is 112 cm³/mol. The minimum Gasteiger partial charge on any atom is -0.337 e. The molecular formula is C18H13Cl4N3OS. The van der Waals surface area contributed by atoms with Gasteiger partial charge in [-0.1, -0.05) is 58.5 Å². The van der Waals surface area contributed by atoms with Crippen LogP contribution in [0.15, 0.2) is 24.3 Å². The zero-order valence-electron chi connectivity index (χ0n) is 13.9. The minimum atomic E-state index is -0.289. The molecule has 1 aliphatic heterocycles. The normalized spacial score (nSPS) is 15.5. The third-order valence-corrected chi connectivity index (χ3v) is 7.51. The number of piperidine rings is 1. The van der Waals surface area contributed by atoms with Crippen LogP contribution in [0.1, 0.15) is 34.3 Å². The molecule has 0 radical (unpaired) electrons. The minimum absolute atomic E-state index is 0.0289. The number of carbonyl (C=O) groups is 1. The van der Waals surface area contributed by atoms with E-state index >= 15 is 0 Å². The van der Waals surface area contributed by atoms with E-state index in [2.05, 4.69) is 11.1 Å². The molecule has 1 saturated heterocycles. The van der Waals surface area contributed by atoms with E-state index in [-0.39, 0.29) is 31.8 Å². The lowest BCUT2D eigenvalue weighted by Gasteiger charge is -2.31. The third-order valence-electron chi connectivity index (χ3n) is 4.63. The number of thiazole rings is 1. The zero-order valence-corrected chi connectivity index (χ0v) is 17.7. The SMILES string of the molecule is O=C(c1nc(Cl)c(Cl)c(Cl)c1Cl)N1CCC(c2nc3ccccc3s2)CC1. The number of hydrogen-bond acceptors (Lipinski definition) is 4. The van der Waals surface area contributed by atoms with Gasteiger partial charge in [-0.25, -0.2) is 9.97 Å². The van der Waals surface area contributed by atoms with E-state index in [1.165, 1.54) is 4.70 Å². The van der Waals surface area contributed by atoms with Crippen LogP contribution in [0, 0.1) is 0 Å². The molecule has 0 saturated carbocycles. The molecular weight excluding hydrogens is 448 g/mol. The molecule has 1 amide bonds. The number of fused-ring (bicyclic) bond motifs is 1. The maximum atomic E-state index is 12.8. The van der Waals surface area contributed by atoms with Crippen LogP contribution in [-0.2, 0) is 0 Å². The van der Waals surface area contributed by atoms with Gasteiger partial charge in [0.1, 0.15) is 10.8 Å². The number of benzene rings is 1. The summed E-state index contributed by atoms with van der Waals surface area (Å²) in [5.74, 6) is 0.0514. The fourth-order valence-electron chi connectivity index (χ4n) is 3.17. The second kappa shape index (κ2) is 7.72. The van der Waals surface area contributed by atoms with Gasteiger partial charge in [0.2, 0.25) is 0 Å². The molecule has 4 rings (SSSR count). The number of rotatable bonds is 2. The summed E-state index contributed by atoms with van der Waals surface area (Å²) >= 11 is 25.8. The molecule has 1 fully saturated rings. The van der Waals surface area contributed by atoms with E-state index < -0.39 is 0 Å². The Bertz CT molecular complexity index is 998. The van der Waals surface area contributed by atoms with Crippen molar-refractivity contribution in [1.82, 2.24) is 14.9 Å². The summed E-state index contributed by atoms with van der Waals surface area (Å²) in [6, 6.07) is 8.11. The molecule has 2 aromatic heterocycles. The Morgan fingerprint density at radius 3 is 2.41 bits per heavy atom. The second-order valence-corrected chi connectivity index (χ2v) is 8.83. The second-order valence-electron chi connectivity index (χ2n) is 6.28. The molecule has 0 unspecified atom stereocenters. The average Bonchev–Trinajstić information content (AvgIpc) is 3.13.